The van der Waals surface area contributed by atoms with Gasteiger partial charge in [0, 0.05) is 17.9 Å². The molecule has 2 rings (SSSR count). The third kappa shape index (κ3) is 2.76. The predicted octanol–water partition coefficient (Wildman–Crippen LogP) is 3.82. The van der Waals surface area contributed by atoms with Crippen molar-refractivity contribution in [2.75, 3.05) is 18.4 Å². The van der Waals surface area contributed by atoms with Gasteiger partial charge < -0.3 is 4.90 Å². The summed E-state index contributed by atoms with van der Waals surface area (Å²) in [4.78, 5) is 2.76. The number of rotatable bonds is 3. The predicted molar refractivity (Wildman–Crippen MR) is 69.6 cm³/mol. The lowest BCUT2D eigenvalue weighted by molar-refractivity contribution is 0.0708. The van der Waals surface area contributed by atoms with Crippen molar-refractivity contribution in [3.8, 4) is 0 Å². The van der Waals surface area contributed by atoms with Crippen LogP contribution in [0.1, 0.15) is 51.9 Å². The quantitative estimate of drug-likeness (QED) is 0.707. The third-order valence-electron chi connectivity index (χ3n) is 4.43. The first-order valence-electron chi connectivity index (χ1n) is 6.56. The van der Waals surface area contributed by atoms with Crippen LogP contribution in [0.25, 0.3) is 0 Å². The van der Waals surface area contributed by atoms with Gasteiger partial charge in [-0.3, -0.25) is 0 Å². The Labute approximate surface area is 103 Å². The average Bonchev–Trinajstić information content (AvgIpc) is 2.37. The molecule has 0 radical (unpaired) electrons. The second-order valence-electron chi connectivity index (χ2n) is 5.66. The van der Waals surface area contributed by atoms with E-state index < -0.39 is 0 Å². The highest BCUT2D eigenvalue weighted by atomic mass is 79.9. The van der Waals surface area contributed by atoms with Gasteiger partial charge in [0.2, 0.25) is 0 Å². The van der Waals surface area contributed by atoms with Crippen LogP contribution in [0.2, 0.25) is 0 Å². The highest BCUT2D eigenvalue weighted by molar-refractivity contribution is 9.09. The second kappa shape index (κ2) is 5.18. The zero-order valence-corrected chi connectivity index (χ0v) is 11.6. The molecule has 88 valence electrons. The Morgan fingerprint density at radius 1 is 1.20 bits per heavy atom. The summed E-state index contributed by atoms with van der Waals surface area (Å²) in [6, 6.07) is 0.823. The zero-order valence-electron chi connectivity index (χ0n) is 9.97. The van der Waals surface area contributed by atoms with Crippen molar-refractivity contribution in [2.45, 2.75) is 57.9 Å². The molecule has 1 aliphatic carbocycles. The van der Waals surface area contributed by atoms with Gasteiger partial charge in [-0.2, -0.15) is 0 Å². The van der Waals surface area contributed by atoms with Crippen molar-refractivity contribution in [3.05, 3.63) is 0 Å². The zero-order chi connectivity index (χ0) is 10.7. The maximum atomic E-state index is 3.72. The van der Waals surface area contributed by atoms with Crippen LogP contribution in [0, 0.1) is 5.41 Å². The van der Waals surface area contributed by atoms with E-state index in [1.807, 2.05) is 0 Å². The van der Waals surface area contributed by atoms with Crippen LogP contribution in [0.3, 0.4) is 0 Å². The summed E-state index contributed by atoms with van der Waals surface area (Å²) in [5.74, 6) is 0. The molecule has 1 aliphatic heterocycles. The Bertz CT molecular complexity index is 195. The van der Waals surface area contributed by atoms with Crippen LogP contribution in [0.4, 0.5) is 0 Å². The minimum absolute atomic E-state index is 0.638. The minimum Gasteiger partial charge on any atom is -0.300 e. The fourth-order valence-corrected chi connectivity index (χ4v) is 3.75. The second-order valence-corrected chi connectivity index (χ2v) is 6.22. The van der Waals surface area contributed by atoms with E-state index in [1.165, 1.54) is 63.4 Å². The van der Waals surface area contributed by atoms with E-state index in [0.29, 0.717) is 5.41 Å². The van der Waals surface area contributed by atoms with Gasteiger partial charge in [0.05, 0.1) is 0 Å². The molecule has 0 bridgehead atoms. The molecule has 1 heterocycles. The van der Waals surface area contributed by atoms with Gasteiger partial charge in [-0.25, -0.2) is 0 Å². The summed E-state index contributed by atoms with van der Waals surface area (Å²) in [6.07, 6.45) is 10.1. The van der Waals surface area contributed by atoms with Gasteiger partial charge in [0.15, 0.2) is 0 Å². The highest BCUT2D eigenvalue weighted by Gasteiger charge is 2.38. The molecular formula is C13H24BrN. The summed E-state index contributed by atoms with van der Waals surface area (Å²) in [5, 5.41) is 1.21. The number of nitrogens with zero attached hydrogens (tertiary/aromatic N) is 1. The Hall–Kier alpha value is 0.440. The molecule has 2 fully saturated rings. The molecule has 0 aromatic heterocycles. The van der Waals surface area contributed by atoms with E-state index in [9.17, 15) is 0 Å². The van der Waals surface area contributed by atoms with Crippen LogP contribution >= 0.6 is 15.9 Å². The fraction of sp³-hybridized carbons (Fsp3) is 1.00. The lowest BCUT2D eigenvalue weighted by atomic mass is 9.70. The number of alkyl halides is 1. The fourth-order valence-electron chi connectivity index (χ4n) is 3.01. The van der Waals surface area contributed by atoms with E-state index in [0.717, 1.165) is 6.04 Å². The molecule has 0 amide bonds. The van der Waals surface area contributed by atoms with E-state index in [4.69, 9.17) is 0 Å². The Morgan fingerprint density at radius 2 is 2.00 bits per heavy atom. The molecule has 1 saturated carbocycles. The standard InChI is InChI=1S/C13H24BrN/c1-12-6-3-2-4-9-15(12)11-13(10-14)7-5-8-13/h12H,2-11H2,1H3. The molecule has 1 atom stereocenters. The van der Waals surface area contributed by atoms with Crippen molar-refractivity contribution in [2.24, 2.45) is 5.41 Å². The van der Waals surface area contributed by atoms with Gasteiger partial charge in [-0.15, -0.1) is 0 Å². The van der Waals surface area contributed by atoms with Gasteiger partial charge in [-0.05, 0) is 44.6 Å². The van der Waals surface area contributed by atoms with Crippen molar-refractivity contribution < 1.29 is 0 Å². The minimum atomic E-state index is 0.638. The van der Waals surface area contributed by atoms with E-state index in [2.05, 4.69) is 27.8 Å². The third-order valence-corrected chi connectivity index (χ3v) is 5.62. The number of likely N-dealkylation sites (tertiary alicyclic amines) is 1. The van der Waals surface area contributed by atoms with Crippen LogP contribution in [0.15, 0.2) is 0 Å². The van der Waals surface area contributed by atoms with Gasteiger partial charge in [-0.1, -0.05) is 35.2 Å². The average molecular weight is 274 g/mol. The lowest BCUT2D eigenvalue weighted by Gasteiger charge is -2.45. The summed E-state index contributed by atoms with van der Waals surface area (Å²) in [5.41, 5.74) is 0.638. The number of hydrogen-bond donors (Lipinski definition) is 0. The molecular weight excluding hydrogens is 250 g/mol. The molecule has 0 aromatic carbocycles. The molecule has 0 N–H and O–H groups in total. The maximum absolute atomic E-state index is 3.72. The topological polar surface area (TPSA) is 3.24 Å². The Kier molecular flexibility index (Phi) is 4.11. The molecule has 1 unspecified atom stereocenters. The highest BCUT2D eigenvalue weighted by Crippen LogP contribution is 2.43. The molecule has 2 aliphatic rings. The first-order valence-corrected chi connectivity index (χ1v) is 7.68. The SMILES string of the molecule is CC1CCCCCN1CC1(CBr)CCC1. The van der Waals surface area contributed by atoms with Gasteiger partial charge in [0.1, 0.15) is 0 Å². The summed E-state index contributed by atoms with van der Waals surface area (Å²) in [6.45, 7) is 5.11. The lowest BCUT2D eigenvalue weighted by Crippen LogP contribution is -2.46. The van der Waals surface area contributed by atoms with Crippen molar-refractivity contribution in [1.82, 2.24) is 4.90 Å². The monoisotopic (exact) mass is 273 g/mol. The first kappa shape index (κ1) is 11.9. The van der Waals surface area contributed by atoms with Crippen molar-refractivity contribution in [3.63, 3.8) is 0 Å². The van der Waals surface area contributed by atoms with E-state index in [1.54, 1.807) is 0 Å². The van der Waals surface area contributed by atoms with Gasteiger partial charge in [0.25, 0.3) is 0 Å². The molecule has 15 heavy (non-hydrogen) atoms. The largest absolute Gasteiger partial charge is 0.300 e. The van der Waals surface area contributed by atoms with Crippen LogP contribution in [0.5, 0.6) is 0 Å². The molecule has 0 aromatic rings. The molecule has 2 heteroatoms. The van der Waals surface area contributed by atoms with Crippen molar-refractivity contribution in [1.29, 1.82) is 0 Å². The van der Waals surface area contributed by atoms with Crippen LogP contribution in [-0.2, 0) is 0 Å². The van der Waals surface area contributed by atoms with E-state index in [-0.39, 0.29) is 0 Å². The summed E-state index contributed by atoms with van der Waals surface area (Å²) >= 11 is 3.72. The molecule has 0 spiro atoms. The molecule has 1 saturated heterocycles. The summed E-state index contributed by atoms with van der Waals surface area (Å²) in [7, 11) is 0. The first-order chi connectivity index (χ1) is 7.26. The Balaban J connectivity index is 1.90. The molecule has 1 nitrogen and oxygen atoms in total. The number of hydrogen-bond acceptors (Lipinski definition) is 1. The number of halogens is 1. The normalized spacial score (nSPS) is 32.0. The van der Waals surface area contributed by atoms with Crippen LogP contribution < -0.4 is 0 Å². The van der Waals surface area contributed by atoms with Crippen molar-refractivity contribution >= 4 is 15.9 Å². The smallest absolute Gasteiger partial charge is 0.0100 e. The van der Waals surface area contributed by atoms with E-state index >= 15 is 0 Å². The Morgan fingerprint density at radius 3 is 2.60 bits per heavy atom. The summed E-state index contributed by atoms with van der Waals surface area (Å²) < 4.78 is 0. The van der Waals surface area contributed by atoms with Gasteiger partial charge >= 0.3 is 0 Å². The maximum Gasteiger partial charge on any atom is 0.0100 e. The van der Waals surface area contributed by atoms with Crippen LogP contribution in [-0.4, -0.2) is 29.4 Å².